The lowest BCUT2D eigenvalue weighted by atomic mass is 10.1. The zero-order chi connectivity index (χ0) is 15.6. The highest BCUT2D eigenvalue weighted by Crippen LogP contribution is 2.27. The predicted octanol–water partition coefficient (Wildman–Crippen LogP) is 1.56. The van der Waals surface area contributed by atoms with E-state index in [1.54, 1.807) is 6.92 Å². The summed E-state index contributed by atoms with van der Waals surface area (Å²) >= 11 is 0. The van der Waals surface area contributed by atoms with Crippen molar-refractivity contribution in [2.24, 2.45) is 5.92 Å². The fourth-order valence-corrected chi connectivity index (χ4v) is 4.23. The average molecular weight is 350 g/mol. The van der Waals surface area contributed by atoms with E-state index in [2.05, 4.69) is 5.32 Å². The average Bonchev–Trinajstić information content (AvgIpc) is 2.88. The summed E-state index contributed by atoms with van der Waals surface area (Å²) in [5.41, 5.74) is 0.287. The first-order valence-corrected chi connectivity index (χ1v) is 8.20. The maximum atomic E-state index is 12.6. The molecular formula is C13H20ClN3O4S. The van der Waals surface area contributed by atoms with E-state index in [4.69, 9.17) is 0 Å². The monoisotopic (exact) mass is 349 g/mol. The fourth-order valence-electron chi connectivity index (χ4n) is 2.61. The molecule has 0 saturated carbocycles. The van der Waals surface area contributed by atoms with Crippen molar-refractivity contribution in [3.8, 4) is 0 Å². The van der Waals surface area contributed by atoms with Crippen LogP contribution in [0, 0.1) is 23.0 Å². The van der Waals surface area contributed by atoms with Crippen LogP contribution >= 0.6 is 12.4 Å². The molecular weight excluding hydrogens is 330 g/mol. The summed E-state index contributed by atoms with van der Waals surface area (Å²) in [5.74, 6) is 0.309. The minimum atomic E-state index is -3.57. The van der Waals surface area contributed by atoms with Crippen LogP contribution in [0.1, 0.15) is 12.0 Å². The number of benzene rings is 1. The standard InChI is InChI=1S/C13H19N3O4S.ClH/c1-10-7-12(3-4-13(10)16(17)18)21(19,20)15-6-5-11(9-15)8-14-2;/h3-4,7,11,14H,5-6,8-9H2,1-2H3;1H. The number of nitro groups is 1. The molecule has 1 atom stereocenters. The van der Waals surface area contributed by atoms with E-state index in [0.29, 0.717) is 24.6 Å². The smallest absolute Gasteiger partial charge is 0.272 e. The van der Waals surface area contributed by atoms with Crippen molar-refractivity contribution in [2.75, 3.05) is 26.7 Å². The van der Waals surface area contributed by atoms with Crippen molar-refractivity contribution in [3.63, 3.8) is 0 Å². The molecule has 0 bridgehead atoms. The first-order valence-electron chi connectivity index (χ1n) is 6.76. The summed E-state index contributed by atoms with van der Waals surface area (Å²) in [5, 5.41) is 13.8. The molecule has 0 amide bonds. The van der Waals surface area contributed by atoms with Gasteiger partial charge >= 0.3 is 0 Å². The van der Waals surface area contributed by atoms with Crippen molar-refractivity contribution in [1.29, 1.82) is 0 Å². The Kier molecular flexibility index (Phi) is 6.30. The van der Waals surface area contributed by atoms with Gasteiger partial charge in [-0.05, 0) is 45.0 Å². The maximum absolute atomic E-state index is 12.6. The van der Waals surface area contributed by atoms with Gasteiger partial charge < -0.3 is 5.32 Å². The number of hydrogen-bond donors (Lipinski definition) is 1. The Morgan fingerprint density at radius 2 is 2.14 bits per heavy atom. The summed E-state index contributed by atoms with van der Waals surface area (Å²) in [6, 6.07) is 3.94. The van der Waals surface area contributed by atoms with Gasteiger partial charge in [-0.25, -0.2) is 8.42 Å². The zero-order valence-corrected chi connectivity index (χ0v) is 14.1. The molecule has 1 fully saturated rings. The van der Waals surface area contributed by atoms with Gasteiger partial charge in [0.05, 0.1) is 9.82 Å². The third-order valence-electron chi connectivity index (χ3n) is 3.74. The third kappa shape index (κ3) is 3.75. The normalized spacial score (nSPS) is 18.9. The number of halogens is 1. The summed E-state index contributed by atoms with van der Waals surface area (Å²) < 4.78 is 26.6. The van der Waals surface area contributed by atoms with Gasteiger partial charge in [-0.1, -0.05) is 0 Å². The van der Waals surface area contributed by atoms with Gasteiger partial charge in [-0.15, -0.1) is 12.4 Å². The Hall–Kier alpha value is -1.22. The molecule has 0 spiro atoms. The van der Waals surface area contributed by atoms with Crippen LogP contribution in [0.5, 0.6) is 0 Å². The highest BCUT2D eigenvalue weighted by Gasteiger charge is 2.32. The van der Waals surface area contributed by atoms with Crippen LogP contribution in [0.3, 0.4) is 0 Å². The second-order valence-corrected chi connectivity index (χ2v) is 7.22. The highest BCUT2D eigenvalue weighted by molar-refractivity contribution is 7.89. The molecule has 0 aromatic heterocycles. The lowest BCUT2D eigenvalue weighted by molar-refractivity contribution is -0.385. The van der Waals surface area contributed by atoms with Crippen molar-refractivity contribution < 1.29 is 13.3 Å². The minimum absolute atomic E-state index is 0. The molecule has 1 aromatic carbocycles. The summed E-state index contributed by atoms with van der Waals surface area (Å²) in [4.78, 5) is 10.4. The second kappa shape index (κ2) is 7.36. The molecule has 1 saturated heterocycles. The van der Waals surface area contributed by atoms with Crippen LogP contribution in [0.2, 0.25) is 0 Å². The van der Waals surface area contributed by atoms with Gasteiger partial charge in [0, 0.05) is 24.7 Å². The number of nitrogens with one attached hydrogen (secondary N) is 1. The van der Waals surface area contributed by atoms with Crippen LogP contribution in [0.25, 0.3) is 0 Å². The van der Waals surface area contributed by atoms with E-state index in [1.165, 1.54) is 22.5 Å². The molecule has 0 aliphatic carbocycles. The van der Waals surface area contributed by atoms with Crippen LogP contribution in [-0.2, 0) is 10.0 Å². The summed E-state index contributed by atoms with van der Waals surface area (Å²) in [7, 11) is -1.73. The van der Waals surface area contributed by atoms with E-state index in [0.717, 1.165) is 13.0 Å². The van der Waals surface area contributed by atoms with E-state index in [1.807, 2.05) is 7.05 Å². The Labute approximate surface area is 136 Å². The van der Waals surface area contributed by atoms with Crippen molar-refractivity contribution >= 4 is 28.1 Å². The molecule has 2 rings (SSSR count). The number of rotatable bonds is 5. The molecule has 7 nitrogen and oxygen atoms in total. The zero-order valence-electron chi connectivity index (χ0n) is 12.5. The molecule has 1 heterocycles. The van der Waals surface area contributed by atoms with Gasteiger partial charge in [0.2, 0.25) is 10.0 Å². The molecule has 1 aliphatic heterocycles. The van der Waals surface area contributed by atoms with E-state index >= 15 is 0 Å². The molecule has 22 heavy (non-hydrogen) atoms. The molecule has 1 aromatic rings. The SMILES string of the molecule is CNCC1CCN(S(=O)(=O)c2ccc([N+](=O)[O-])c(C)c2)C1.Cl. The largest absolute Gasteiger partial charge is 0.319 e. The quantitative estimate of drug-likeness (QED) is 0.643. The van der Waals surface area contributed by atoms with E-state index in [-0.39, 0.29) is 23.0 Å². The van der Waals surface area contributed by atoms with Gasteiger partial charge in [0.1, 0.15) is 0 Å². The number of aryl methyl sites for hydroxylation is 1. The third-order valence-corrected chi connectivity index (χ3v) is 5.61. The fraction of sp³-hybridized carbons (Fsp3) is 0.538. The van der Waals surface area contributed by atoms with Crippen molar-refractivity contribution in [1.82, 2.24) is 9.62 Å². The number of sulfonamides is 1. The molecule has 1 aliphatic rings. The van der Waals surface area contributed by atoms with Gasteiger partial charge in [0.25, 0.3) is 5.69 Å². The number of nitrogens with zero attached hydrogens (tertiary/aromatic N) is 2. The molecule has 0 radical (unpaired) electrons. The minimum Gasteiger partial charge on any atom is -0.319 e. The summed E-state index contributed by atoms with van der Waals surface area (Å²) in [6.45, 7) is 3.31. The highest BCUT2D eigenvalue weighted by atomic mass is 35.5. The van der Waals surface area contributed by atoms with E-state index in [9.17, 15) is 18.5 Å². The van der Waals surface area contributed by atoms with E-state index < -0.39 is 14.9 Å². The molecule has 1 unspecified atom stereocenters. The number of hydrogen-bond acceptors (Lipinski definition) is 5. The Morgan fingerprint density at radius 3 is 2.68 bits per heavy atom. The van der Waals surface area contributed by atoms with Crippen molar-refractivity contribution in [2.45, 2.75) is 18.2 Å². The van der Waals surface area contributed by atoms with Crippen LogP contribution in [0.15, 0.2) is 23.1 Å². The molecule has 124 valence electrons. The first-order chi connectivity index (χ1) is 9.86. The first kappa shape index (κ1) is 18.8. The Morgan fingerprint density at radius 1 is 1.45 bits per heavy atom. The lowest BCUT2D eigenvalue weighted by Gasteiger charge is -2.17. The second-order valence-electron chi connectivity index (χ2n) is 5.28. The predicted molar refractivity (Wildman–Crippen MR) is 85.9 cm³/mol. The lowest BCUT2D eigenvalue weighted by Crippen LogP contribution is -2.30. The van der Waals surface area contributed by atoms with Crippen LogP contribution in [-0.4, -0.2) is 44.3 Å². The Bertz CT molecular complexity index is 651. The van der Waals surface area contributed by atoms with Gasteiger partial charge in [-0.2, -0.15) is 4.31 Å². The molecule has 1 N–H and O–H groups in total. The van der Waals surface area contributed by atoms with Crippen LogP contribution < -0.4 is 5.32 Å². The summed E-state index contributed by atoms with van der Waals surface area (Å²) in [6.07, 6.45) is 0.825. The van der Waals surface area contributed by atoms with Gasteiger partial charge in [0.15, 0.2) is 0 Å². The number of nitro benzene ring substituents is 1. The topological polar surface area (TPSA) is 92.6 Å². The molecule has 9 heteroatoms. The van der Waals surface area contributed by atoms with Crippen molar-refractivity contribution in [3.05, 3.63) is 33.9 Å². The van der Waals surface area contributed by atoms with Gasteiger partial charge in [-0.3, -0.25) is 10.1 Å². The maximum Gasteiger partial charge on any atom is 0.272 e. The van der Waals surface area contributed by atoms with Crippen LogP contribution in [0.4, 0.5) is 5.69 Å². The Balaban J connectivity index is 0.00000242.